The molecule has 0 unspecified atom stereocenters. The minimum Gasteiger partial charge on any atom is -0.489 e. The number of nitrogens with zero attached hydrogens (tertiary/aromatic N) is 2. The van der Waals surface area contributed by atoms with Gasteiger partial charge >= 0.3 is 0 Å². The Labute approximate surface area is 191 Å². The molecule has 3 aromatic rings. The smallest absolute Gasteiger partial charge is 0.229 e. The molecule has 3 rings (SSSR count). The highest BCUT2D eigenvalue weighted by Gasteiger charge is 2.12. The first-order valence-electron chi connectivity index (χ1n) is 10.6. The molecule has 0 saturated carbocycles. The second-order valence-electron chi connectivity index (χ2n) is 7.76. The van der Waals surface area contributed by atoms with Crippen LogP contribution in [-0.4, -0.2) is 16.1 Å². The van der Waals surface area contributed by atoms with Gasteiger partial charge in [0.15, 0.2) is 5.82 Å². The predicted octanol–water partition coefficient (Wildman–Crippen LogP) is 7.75. The monoisotopic (exact) mass is 440 g/mol. The van der Waals surface area contributed by atoms with E-state index in [0.29, 0.717) is 16.8 Å². The molecule has 0 saturated heterocycles. The molecule has 1 aromatic heterocycles. The van der Waals surface area contributed by atoms with Crippen molar-refractivity contribution < 1.29 is 4.74 Å². The molecule has 0 bridgehead atoms. The maximum absolute atomic E-state index is 6.31. The maximum Gasteiger partial charge on any atom is 0.229 e. The van der Waals surface area contributed by atoms with Crippen molar-refractivity contribution in [2.75, 3.05) is 10.6 Å². The molecule has 31 heavy (non-hydrogen) atoms. The first-order chi connectivity index (χ1) is 14.7. The summed E-state index contributed by atoms with van der Waals surface area (Å²) in [5.41, 5.74) is 5.20. The number of benzene rings is 2. The van der Waals surface area contributed by atoms with Gasteiger partial charge in [-0.3, -0.25) is 0 Å². The van der Waals surface area contributed by atoms with E-state index < -0.39 is 0 Å². The van der Waals surface area contributed by atoms with Gasteiger partial charge in [-0.25, -0.2) is 4.98 Å². The number of para-hydroxylation sites is 1. The average molecular weight is 441 g/mol. The molecule has 0 amide bonds. The minimum atomic E-state index is 0.0621. The van der Waals surface area contributed by atoms with Gasteiger partial charge in [-0.2, -0.15) is 4.98 Å². The number of aryl methyl sites for hydroxylation is 3. The van der Waals surface area contributed by atoms with E-state index in [1.165, 1.54) is 12.0 Å². The Hall–Kier alpha value is -2.79. The fourth-order valence-corrected chi connectivity index (χ4v) is 2.85. The fraction of sp³-hybridized carbons (Fsp3) is 0.360. The quantitative estimate of drug-likeness (QED) is 0.410. The van der Waals surface area contributed by atoms with Gasteiger partial charge in [0.05, 0.1) is 18.0 Å². The van der Waals surface area contributed by atoms with Crippen LogP contribution in [0.4, 0.5) is 23.1 Å². The first kappa shape index (κ1) is 24.5. The summed E-state index contributed by atoms with van der Waals surface area (Å²) >= 11 is 6.31. The summed E-state index contributed by atoms with van der Waals surface area (Å²) in [5.74, 6) is 1.76. The predicted molar refractivity (Wildman–Crippen MR) is 132 cm³/mol. The largest absolute Gasteiger partial charge is 0.489 e. The lowest BCUT2D eigenvalue weighted by atomic mass is 10.1. The zero-order valence-electron chi connectivity index (χ0n) is 19.5. The van der Waals surface area contributed by atoms with Gasteiger partial charge < -0.3 is 15.4 Å². The second kappa shape index (κ2) is 11.6. The van der Waals surface area contributed by atoms with E-state index in [-0.39, 0.29) is 6.10 Å². The Balaban J connectivity index is 0.00000107. The van der Waals surface area contributed by atoms with Crippen molar-refractivity contribution in [3.63, 3.8) is 0 Å². The van der Waals surface area contributed by atoms with Crippen LogP contribution < -0.4 is 15.4 Å². The second-order valence-corrected chi connectivity index (χ2v) is 8.17. The maximum atomic E-state index is 6.31. The molecule has 0 aliphatic rings. The van der Waals surface area contributed by atoms with Crippen molar-refractivity contribution in [3.8, 4) is 5.75 Å². The zero-order chi connectivity index (χ0) is 23.0. The molecule has 1 heterocycles. The lowest BCUT2D eigenvalue weighted by molar-refractivity contribution is 0.243. The van der Waals surface area contributed by atoms with Gasteiger partial charge in [0, 0.05) is 5.69 Å². The standard InChI is InChI=1S/C22H25ClN4O.C3H8/c1-13(2)28-20-11-16(5)15(4)10-19(20)26-22-24-12-17(23)21(27-22)25-18-9-7-6-8-14(18)3;1-3-2/h6-13H,1-5H3,(H2,24,25,26,27);3H2,1-2H3. The molecule has 0 aliphatic heterocycles. The summed E-state index contributed by atoms with van der Waals surface area (Å²) in [5, 5.41) is 7.00. The Morgan fingerprint density at radius 2 is 1.58 bits per heavy atom. The molecule has 166 valence electrons. The summed E-state index contributed by atoms with van der Waals surface area (Å²) in [7, 11) is 0. The number of halogens is 1. The lowest BCUT2D eigenvalue weighted by Gasteiger charge is -2.17. The number of nitrogens with one attached hydrogen (secondary N) is 2. The Morgan fingerprint density at radius 1 is 0.935 bits per heavy atom. The topological polar surface area (TPSA) is 59.1 Å². The average Bonchev–Trinajstić information content (AvgIpc) is 2.70. The number of hydrogen-bond donors (Lipinski definition) is 2. The molecule has 0 radical (unpaired) electrons. The van der Waals surface area contributed by atoms with Crippen LogP contribution in [0.25, 0.3) is 0 Å². The van der Waals surface area contributed by atoms with Crippen molar-refractivity contribution in [1.82, 2.24) is 9.97 Å². The van der Waals surface area contributed by atoms with Crippen LogP contribution in [0.5, 0.6) is 5.75 Å². The molecule has 0 spiro atoms. The van der Waals surface area contributed by atoms with Crippen LogP contribution in [0.3, 0.4) is 0 Å². The molecule has 0 aliphatic carbocycles. The number of hydrogen-bond acceptors (Lipinski definition) is 5. The van der Waals surface area contributed by atoms with Crippen LogP contribution in [0.15, 0.2) is 42.6 Å². The van der Waals surface area contributed by atoms with Crippen molar-refractivity contribution in [3.05, 3.63) is 64.3 Å². The fourth-order valence-electron chi connectivity index (χ4n) is 2.71. The summed E-state index contributed by atoms with van der Waals surface area (Å²) in [4.78, 5) is 8.88. The van der Waals surface area contributed by atoms with Crippen LogP contribution >= 0.6 is 11.6 Å². The number of anilines is 4. The van der Waals surface area contributed by atoms with E-state index in [0.717, 1.165) is 28.3 Å². The number of rotatable bonds is 6. The van der Waals surface area contributed by atoms with Gasteiger partial charge in [0.1, 0.15) is 10.8 Å². The van der Waals surface area contributed by atoms with Gasteiger partial charge in [-0.05, 0) is 69.5 Å². The molecular weight excluding hydrogens is 408 g/mol. The van der Waals surface area contributed by atoms with E-state index in [1.54, 1.807) is 6.20 Å². The highest BCUT2D eigenvalue weighted by molar-refractivity contribution is 6.32. The van der Waals surface area contributed by atoms with Gasteiger partial charge in [0.25, 0.3) is 0 Å². The third kappa shape index (κ3) is 7.14. The van der Waals surface area contributed by atoms with E-state index in [2.05, 4.69) is 48.3 Å². The van der Waals surface area contributed by atoms with Crippen LogP contribution in [0, 0.1) is 20.8 Å². The van der Waals surface area contributed by atoms with E-state index in [9.17, 15) is 0 Å². The highest BCUT2D eigenvalue weighted by Crippen LogP contribution is 2.32. The Kier molecular flexibility index (Phi) is 9.13. The highest BCUT2D eigenvalue weighted by atomic mass is 35.5. The van der Waals surface area contributed by atoms with Crippen LogP contribution in [0.2, 0.25) is 5.02 Å². The van der Waals surface area contributed by atoms with Crippen LogP contribution in [-0.2, 0) is 0 Å². The summed E-state index contributed by atoms with van der Waals surface area (Å²) in [6.07, 6.45) is 2.90. The van der Waals surface area contributed by atoms with Crippen molar-refractivity contribution in [2.45, 2.75) is 61.0 Å². The van der Waals surface area contributed by atoms with E-state index >= 15 is 0 Å². The summed E-state index contributed by atoms with van der Waals surface area (Å²) in [6, 6.07) is 12.0. The molecular formula is C25H33ClN4O. The third-order valence-electron chi connectivity index (χ3n) is 4.35. The summed E-state index contributed by atoms with van der Waals surface area (Å²) < 4.78 is 5.96. The van der Waals surface area contributed by atoms with Crippen LogP contribution in [0.1, 0.15) is 50.8 Å². The molecule has 0 atom stereocenters. The van der Waals surface area contributed by atoms with Crippen molar-refractivity contribution in [2.24, 2.45) is 0 Å². The number of ether oxygens (including phenoxy) is 1. The van der Waals surface area contributed by atoms with E-state index in [1.807, 2.05) is 57.2 Å². The zero-order valence-corrected chi connectivity index (χ0v) is 20.3. The van der Waals surface area contributed by atoms with Gasteiger partial charge in [0.2, 0.25) is 5.95 Å². The summed E-state index contributed by atoms with van der Waals surface area (Å²) in [6.45, 7) is 14.4. The van der Waals surface area contributed by atoms with E-state index in [4.69, 9.17) is 16.3 Å². The number of aromatic nitrogens is 2. The first-order valence-corrected chi connectivity index (χ1v) is 11.0. The van der Waals surface area contributed by atoms with Gasteiger partial charge in [-0.15, -0.1) is 0 Å². The normalized spacial score (nSPS) is 10.4. The minimum absolute atomic E-state index is 0.0621. The Morgan fingerprint density at radius 3 is 2.23 bits per heavy atom. The lowest BCUT2D eigenvalue weighted by Crippen LogP contribution is -2.09. The van der Waals surface area contributed by atoms with Gasteiger partial charge in [-0.1, -0.05) is 50.1 Å². The molecule has 6 heteroatoms. The molecule has 0 fully saturated rings. The molecule has 2 N–H and O–H groups in total. The molecule has 5 nitrogen and oxygen atoms in total. The SMILES string of the molecule is CCC.Cc1cc(Nc2ncc(Cl)c(Nc3ccccc3C)n2)c(OC(C)C)cc1C. The molecule has 2 aromatic carbocycles. The van der Waals surface area contributed by atoms with Crippen molar-refractivity contribution in [1.29, 1.82) is 0 Å². The third-order valence-corrected chi connectivity index (χ3v) is 4.62. The Bertz CT molecular complexity index is 1000. The van der Waals surface area contributed by atoms with Crippen molar-refractivity contribution >= 4 is 34.7 Å².